The molecule has 5 heteroatoms. The molecule has 0 N–H and O–H groups in total. The van der Waals surface area contributed by atoms with Gasteiger partial charge in [-0.05, 0) is 18.2 Å². The smallest absolute Gasteiger partial charge is 0.154 e. The van der Waals surface area contributed by atoms with Crippen LogP contribution in [0.5, 0.6) is 0 Å². The normalized spacial score (nSPS) is 11.0. The minimum atomic E-state index is 0.433. The SMILES string of the molecule is Clc1nccn2nc(-c3ccco3)cc12. The zero-order chi connectivity index (χ0) is 10.3. The van der Waals surface area contributed by atoms with E-state index in [0.717, 1.165) is 17.0 Å². The van der Waals surface area contributed by atoms with Gasteiger partial charge in [-0.25, -0.2) is 9.50 Å². The summed E-state index contributed by atoms with van der Waals surface area (Å²) in [6.45, 7) is 0. The molecular formula is C10H6ClN3O. The summed E-state index contributed by atoms with van der Waals surface area (Å²) in [6.07, 6.45) is 4.96. The van der Waals surface area contributed by atoms with Gasteiger partial charge in [-0.3, -0.25) is 0 Å². The second-order valence-electron chi connectivity index (χ2n) is 3.05. The van der Waals surface area contributed by atoms with Crippen LogP contribution in [0.3, 0.4) is 0 Å². The Hall–Kier alpha value is -1.81. The zero-order valence-corrected chi connectivity index (χ0v) is 8.35. The highest BCUT2D eigenvalue weighted by atomic mass is 35.5. The highest BCUT2D eigenvalue weighted by Crippen LogP contribution is 2.22. The van der Waals surface area contributed by atoms with Crippen LogP contribution in [-0.4, -0.2) is 14.6 Å². The van der Waals surface area contributed by atoms with E-state index >= 15 is 0 Å². The maximum atomic E-state index is 5.93. The van der Waals surface area contributed by atoms with E-state index in [1.54, 1.807) is 23.2 Å². The fourth-order valence-electron chi connectivity index (χ4n) is 1.43. The van der Waals surface area contributed by atoms with Crippen LogP contribution < -0.4 is 0 Å². The fraction of sp³-hybridized carbons (Fsp3) is 0. The quantitative estimate of drug-likeness (QED) is 0.632. The van der Waals surface area contributed by atoms with Crippen molar-refractivity contribution in [2.24, 2.45) is 0 Å². The van der Waals surface area contributed by atoms with Crippen molar-refractivity contribution in [3.8, 4) is 11.5 Å². The van der Waals surface area contributed by atoms with E-state index in [1.807, 2.05) is 18.2 Å². The Bertz CT molecular complexity index is 600. The Labute approximate surface area is 90.1 Å². The third-order valence-electron chi connectivity index (χ3n) is 2.12. The molecule has 4 nitrogen and oxygen atoms in total. The van der Waals surface area contributed by atoms with Gasteiger partial charge in [-0.1, -0.05) is 11.6 Å². The Balaban J connectivity index is 2.27. The minimum Gasteiger partial charge on any atom is -0.463 e. The molecular weight excluding hydrogens is 214 g/mol. The number of fused-ring (bicyclic) bond motifs is 1. The molecule has 0 aromatic carbocycles. The lowest BCUT2D eigenvalue weighted by Crippen LogP contribution is -1.87. The third kappa shape index (κ3) is 1.30. The molecule has 15 heavy (non-hydrogen) atoms. The predicted octanol–water partition coefficient (Wildman–Crippen LogP) is 2.64. The predicted molar refractivity (Wildman–Crippen MR) is 55.7 cm³/mol. The van der Waals surface area contributed by atoms with Crippen LogP contribution in [0.2, 0.25) is 5.15 Å². The van der Waals surface area contributed by atoms with Crippen LogP contribution in [0, 0.1) is 0 Å². The van der Waals surface area contributed by atoms with Gasteiger partial charge in [0, 0.05) is 12.4 Å². The van der Waals surface area contributed by atoms with Crippen molar-refractivity contribution < 1.29 is 4.42 Å². The summed E-state index contributed by atoms with van der Waals surface area (Å²) in [6, 6.07) is 5.51. The summed E-state index contributed by atoms with van der Waals surface area (Å²) in [5.74, 6) is 0.717. The third-order valence-corrected chi connectivity index (χ3v) is 2.41. The zero-order valence-electron chi connectivity index (χ0n) is 7.59. The van der Waals surface area contributed by atoms with Gasteiger partial charge >= 0.3 is 0 Å². The number of halogens is 1. The van der Waals surface area contributed by atoms with Gasteiger partial charge in [-0.15, -0.1) is 0 Å². The number of rotatable bonds is 1. The van der Waals surface area contributed by atoms with Gasteiger partial charge < -0.3 is 4.42 Å². The molecule has 0 atom stereocenters. The van der Waals surface area contributed by atoms with Crippen LogP contribution >= 0.6 is 11.6 Å². The van der Waals surface area contributed by atoms with E-state index in [-0.39, 0.29) is 0 Å². The van der Waals surface area contributed by atoms with Crippen molar-refractivity contribution in [3.05, 3.63) is 42.0 Å². The van der Waals surface area contributed by atoms with Crippen molar-refractivity contribution >= 4 is 17.1 Å². The first-order valence-corrected chi connectivity index (χ1v) is 4.76. The van der Waals surface area contributed by atoms with Crippen LogP contribution in [-0.2, 0) is 0 Å². The molecule has 0 radical (unpaired) electrons. The summed E-state index contributed by atoms with van der Waals surface area (Å²) in [4.78, 5) is 3.98. The highest BCUT2D eigenvalue weighted by molar-refractivity contribution is 6.32. The Morgan fingerprint density at radius 3 is 3.07 bits per heavy atom. The Morgan fingerprint density at radius 1 is 1.40 bits per heavy atom. The summed E-state index contributed by atoms with van der Waals surface area (Å²) < 4.78 is 6.92. The first-order chi connectivity index (χ1) is 7.34. The van der Waals surface area contributed by atoms with E-state index in [2.05, 4.69) is 10.1 Å². The Morgan fingerprint density at radius 2 is 2.33 bits per heavy atom. The second-order valence-corrected chi connectivity index (χ2v) is 3.41. The minimum absolute atomic E-state index is 0.433. The molecule has 74 valence electrons. The molecule has 0 unspecified atom stereocenters. The topological polar surface area (TPSA) is 43.3 Å². The van der Waals surface area contributed by atoms with E-state index in [9.17, 15) is 0 Å². The van der Waals surface area contributed by atoms with Gasteiger partial charge in [-0.2, -0.15) is 5.10 Å². The lowest BCUT2D eigenvalue weighted by molar-refractivity contribution is 0.579. The summed E-state index contributed by atoms with van der Waals surface area (Å²) >= 11 is 5.93. The molecule has 0 saturated carbocycles. The lowest BCUT2D eigenvalue weighted by atomic mass is 10.3. The van der Waals surface area contributed by atoms with Crippen molar-refractivity contribution in [2.45, 2.75) is 0 Å². The van der Waals surface area contributed by atoms with Gasteiger partial charge in [0.05, 0.1) is 6.26 Å². The van der Waals surface area contributed by atoms with Crippen LogP contribution in [0.25, 0.3) is 17.0 Å². The molecule has 0 spiro atoms. The first-order valence-electron chi connectivity index (χ1n) is 4.38. The molecule has 3 aromatic heterocycles. The average Bonchev–Trinajstić information content (AvgIpc) is 2.86. The van der Waals surface area contributed by atoms with Gasteiger partial charge in [0.1, 0.15) is 11.2 Å². The number of hydrogen-bond donors (Lipinski definition) is 0. The largest absolute Gasteiger partial charge is 0.463 e. The molecule has 0 saturated heterocycles. The number of hydrogen-bond acceptors (Lipinski definition) is 3. The molecule has 0 amide bonds. The molecule has 3 heterocycles. The van der Waals surface area contributed by atoms with Crippen molar-refractivity contribution in [1.82, 2.24) is 14.6 Å². The average molecular weight is 220 g/mol. The molecule has 3 rings (SSSR count). The van der Waals surface area contributed by atoms with Crippen LogP contribution in [0.4, 0.5) is 0 Å². The van der Waals surface area contributed by atoms with Gasteiger partial charge in [0.15, 0.2) is 10.9 Å². The molecule has 0 aliphatic rings. The number of furan rings is 1. The molecule has 0 fully saturated rings. The van der Waals surface area contributed by atoms with Gasteiger partial charge in [0.25, 0.3) is 0 Å². The second kappa shape index (κ2) is 3.10. The number of aromatic nitrogens is 3. The summed E-state index contributed by atoms with van der Waals surface area (Å²) in [5.41, 5.74) is 1.51. The first kappa shape index (κ1) is 8.49. The summed E-state index contributed by atoms with van der Waals surface area (Å²) in [7, 11) is 0. The van der Waals surface area contributed by atoms with Crippen molar-refractivity contribution in [1.29, 1.82) is 0 Å². The fourth-order valence-corrected chi connectivity index (χ4v) is 1.63. The van der Waals surface area contributed by atoms with E-state index in [0.29, 0.717) is 5.15 Å². The van der Waals surface area contributed by atoms with Crippen molar-refractivity contribution in [3.63, 3.8) is 0 Å². The molecule has 0 aliphatic heterocycles. The van der Waals surface area contributed by atoms with E-state index in [1.165, 1.54) is 0 Å². The van der Waals surface area contributed by atoms with Crippen molar-refractivity contribution in [2.75, 3.05) is 0 Å². The maximum absolute atomic E-state index is 5.93. The Kier molecular flexibility index (Phi) is 1.76. The molecule has 0 aliphatic carbocycles. The molecule has 0 bridgehead atoms. The maximum Gasteiger partial charge on any atom is 0.154 e. The monoisotopic (exact) mass is 219 g/mol. The lowest BCUT2D eigenvalue weighted by Gasteiger charge is -1.91. The van der Waals surface area contributed by atoms with Crippen LogP contribution in [0.1, 0.15) is 0 Å². The molecule has 3 aromatic rings. The van der Waals surface area contributed by atoms with Crippen LogP contribution in [0.15, 0.2) is 41.3 Å². The van der Waals surface area contributed by atoms with E-state index in [4.69, 9.17) is 16.0 Å². The highest BCUT2D eigenvalue weighted by Gasteiger charge is 2.08. The summed E-state index contributed by atoms with van der Waals surface area (Å²) in [5, 5.41) is 4.75. The van der Waals surface area contributed by atoms with E-state index < -0.39 is 0 Å². The number of nitrogens with zero attached hydrogens (tertiary/aromatic N) is 3. The van der Waals surface area contributed by atoms with Gasteiger partial charge in [0.2, 0.25) is 0 Å². The standard InChI is InChI=1S/C10H6ClN3O/c11-10-8-6-7(9-2-1-5-15-9)13-14(8)4-3-12-10/h1-6H.